The summed E-state index contributed by atoms with van der Waals surface area (Å²) in [4.78, 5) is 0. The first-order valence-electron chi connectivity index (χ1n) is 2.92. The number of halogens is 5. The van der Waals surface area contributed by atoms with Crippen molar-refractivity contribution in [1.82, 2.24) is 0 Å². The van der Waals surface area contributed by atoms with Gasteiger partial charge in [-0.25, -0.2) is 20.9 Å². The molecular weight excluding hydrogens is 385 g/mol. The van der Waals surface area contributed by atoms with Crippen LogP contribution in [-0.4, -0.2) is 7.69 Å². The first-order valence-corrected chi connectivity index (χ1v) is 2.92. The molecule has 15 heavy (non-hydrogen) atoms. The smallest absolute Gasteiger partial charge is 0.900 e. The van der Waals surface area contributed by atoms with Crippen molar-refractivity contribution in [3.63, 3.8) is 0 Å². The first kappa shape index (κ1) is 17.5. The van der Waals surface area contributed by atoms with Gasteiger partial charge < -0.3 is 10.0 Å². The molecule has 0 aliphatic carbocycles. The zero-order valence-corrected chi connectivity index (χ0v) is 8.20. The molecule has 0 atom stereocenters. The maximum Gasteiger partial charge on any atom is 3.00 e. The van der Waals surface area contributed by atoms with E-state index >= 15 is 0 Å². The molecule has 0 fully saturated rings. The van der Waals surface area contributed by atoms with Crippen molar-refractivity contribution in [2.24, 2.45) is 0 Å². The van der Waals surface area contributed by atoms with E-state index < -0.39 is 36.8 Å². The number of rotatable bonds is 0. The van der Waals surface area contributed by atoms with E-state index in [9.17, 15) is 22.0 Å². The van der Waals surface area contributed by atoms with Crippen molar-refractivity contribution in [1.29, 1.82) is 0 Å². The third kappa shape index (κ3) is 5.10. The molecule has 9 heteroatoms. The molecule has 0 aliphatic heterocycles. The van der Waals surface area contributed by atoms with Crippen LogP contribution >= 0.6 is 0 Å². The van der Waals surface area contributed by atoms with Crippen LogP contribution in [0.1, 0.15) is 0 Å². The second-order valence-corrected chi connectivity index (χ2v) is 1.79. The Morgan fingerprint density at radius 3 is 1.33 bits per heavy atom. The van der Waals surface area contributed by atoms with Gasteiger partial charge in [0, 0.05) is 0 Å². The maximum atomic E-state index is 12.0. The van der Waals surface area contributed by atoms with Crippen molar-refractivity contribution in [3.8, 4) is 0 Å². The Morgan fingerprint density at radius 2 is 1.07 bits per heavy atom. The van der Waals surface area contributed by atoms with Gasteiger partial charge in [0.1, 0.15) is 0 Å². The van der Waals surface area contributed by atoms with Gasteiger partial charge in [0.2, 0.25) is 0 Å². The Kier molecular flexibility index (Phi) is 9.63. The van der Waals surface area contributed by atoms with Gasteiger partial charge in [-0.3, -0.25) is 8.78 Å². The molecule has 0 aromatic heterocycles. The first-order chi connectivity index (χ1) is 6.45. The van der Waals surface area contributed by atoms with E-state index in [1.165, 1.54) is 0 Å². The molecule has 2 nitrogen and oxygen atoms in total. The van der Waals surface area contributed by atoms with Crippen molar-refractivity contribution >= 4 is 7.69 Å². The third-order valence-corrected chi connectivity index (χ3v) is 0.990. The van der Waals surface area contributed by atoms with Crippen LogP contribution in [0.3, 0.4) is 0 Å². The van der Waals surface area contributed by atoms with E-state index in [1.54, 1.807) is 0 Å². The molecule has 0 amide bonds. The van der Waals surface area contributed by atoms with Gasteiger partial charge in [0.15, 0.2) is 0 Å². The standard InChI is InChI=1S/C6F5.BO2.Lu/c7-2-1-3(8)5(10)6(11)4(2)9;2-1-3;/q-1;-2;+3. The zero-order chi connectivity index (χ0) is 11.3. The van der Waals surface area contributed by atoms with E-state index in [1.807, 2.05) is 0 Å². The zero-order valence-electron chi connectivity index (χ0n) is 6.54. The molecule has 1 radical (unpaired) electrons. The van der Waals surface area contributed by atoms with Gasteiger partial charge >= 0.3 is 36.9 Å². The monoisotopic (exact) mass is 385 g/mol. The van der Waals surface area contributed by atoms with E-state index in [4.69, 9.17) is 10.0 Å². The molecule has 0 saturated heterocycles. The van der Waals surface area contributed by atoms with Crippen LogP contribution in [0.25, 0.3) is 0 Å². The average molecular weight is 385 g/mol. The van der Waals surface area contributed by atoms with E-state index in [0.29, 0.717) is 0 Å². The summed E-state index contributed by atoms with van der Waals surface area (Å²) in [5.41, 5.74) is 0. The molecule has 0 heterocycles. The summed E-state index contributed by atoms with van der Waals surface area (Å²) in [5.74, 6) is -10.0. The minimum atomic E-state index is -2.17. The Labute approximate surface area is 111 Å². The van der Waals surface area contributed by atoms with Crippen LogP contribution in [0.4, 0.5) is 22.0 Å². The van der Waals surface area contributed by atoms with Crippen LogP contribution in [0.15, 0.2) is 0 Å². The van der Waals surface area contributed by atoms with Crippen LogP contribution < -0.4 is 10.0 Å². The molecule has 0 spiro atoms. The molecule has 0 unspecified atom stereocenters. The van der Waals surface area contributed by atoms with Crippen LogP contribution in [0, 0.1) is 72.0 Å². The summed E-state index contributed by atoms with van der Waals surface area (Å²) in [6, 6.07) is 1.02. The molecule has 0 N–H and O–H groups in total. The van der Waals surface area contributed by atoms with Crippen LogP contribution in [0.2, 0.25) is 0 Å². The Morgan fingerprint density at radius 1 is 0.800 bits per heavy atom. The summed E-state index contributed by atoms with van der Waals surface area (Å²) >= 11 is 0. The van der Waals surface area contributed by atoms with Crippen molar-refractivity contribution in [3.05, 3.63) is 35.2 Å². The van der Waals surface area contributed by atoms with Crippen molar-refractivity contribution < 1.29 is 68.9 Å². The molecular formula is C6BF5LuO2. The van der Waals surface area contributed by atoms with Crippen molar-refractivity contribution in [2.45, 2.75) is 0 Å². The fourth-order valence-corrected chi connectivity index (χ4v) is 0.495. The Bertz CT molecular complexity index is 299. The van der Waals surface area contributed by atoms with Gasteiger partial charge in [0.05, 0.1) is 29.1 Å². The van der Waals surface area contributed by atoms with Gasteiger partial charge in [-0.1, -0.05) is 0 Å². The van der Waals surface area contributed by atoms with Crippen LogP contribution in [-0.2, 0) is 0 Å². The molecule has 0 saturated carbocycles. The molecule has 1 aromatic carbocycles. The normalized spacial score (nSPS) is 8.47. The molecule has 0 aliphatic rings. The van der Waals surface area contributed by atoms with Crippen LogP contribution in [0.5, 0.6) is 0 Å². The number of hydrogen-bond donors (Lipinski definition) is 0. The summed E-state index contributed by atoms with van der Waals surface area (Å²) in [5, 5.41) is 16.5. The quantitative estimate of drug-likeness (QED) is 0.198. The predicted molar refractivity (Wildman–Crippen MR) is 30.8 cm³/mol. The predicted octanol–water partition coefficient (Wildman–Crippen LogP) is -0.577. The summed E-state index contributed by atoms with van der Waals surface area (Å²) in [6.45, 7) is 0. The third-order valence-electron chi connectivity index (χ3n) is 0.990. The van der Waals surface area contributed by atoms with Gasteiger partial charge in [-0.05, 0) is 0 Å². The number of benzene rings is 1. The Balaban J connectivity index is 0. The van der Waals surface area contributed by atoms with E-state index in [0.717, 1.165) is 6.07 Å². The second-order valence-electron chi connectivity index (χ2n) is 1.79. The largest absolute Gasteiger partial charge is 3.00 e. The Hall–Kier alpha value is 0.0887. The summed E-state index contributed by atoms with van der Waals surface area (Å²) < 4.78 is 59.9. The molecule has 0 bridgehead atoms. The molecule has 89 valence electrons. The SMILES string of the molecule is Fc1[c-]c(F)c(F)c(F)c1F.[Lu+3].[O-][B][O-]. The van der Waals surface area contributed by atoms with E-state index in [-0.39, 0.29) is 36.9 Å². The molecule has 1 aromatic rings. The topological polar surface area (TPSA) is 46.1 Å². The van der Waals surface area contributed by atoms with Gasteiger partial charge in [-0.15, -0.1) is 6.07 Å². The molecule has 1 rings (SSSR count). The minimum Gasteiger partial charge on any atom is -0.900 e. The average Bonchev–Trinajstić information content (AvgIpc) is 2.13. The summed E-state index contributed by atoms with van der Waals surface area (Å²) in [6.07, 6.45) is 0. The second kappa shape index (κ2) is 8.27. The maximum absolute atomic E-state index is 12.0. The summed E-state index contributed by atoms with van der Waals surface area (Å²) in [7, 11) is -0.500. The van der Waals surface area contributed by atoms with E-state index in [2.05, 4.69) is 0 Å². The minimum absolute atomic E-state index is 0. The number of hydrogen-bond acceptors (Lipinski definition) is 2. The van der Waals surface area contributed by atoms with Crippen molar-refractivity contribution in [2.75, 3.05) is 0 Å². The fraction of sp³-hybridized carbons (Fsp3) is 0. The fourth-order valence-electron chi connectivity index (χ4n) is 0.495. The van der Waals surface area contributed by atoms with Gasteiger partial charge in [0.25, 0.3) is 0 Å². The van der Waals surface area contributed by atoms with Gasteiger partial charge in [-0.2, -0.15) is 0 Å².